The smallest absolute Gasteiger partial charge is 0.331 e. The lowest BCUT2D eigenvalue weighted by atomic mass is 9.53. The zero-order valence-electron chi connectivity index (χ0n) is 18.5. The van der Waals surface area contributed by atoms with Crippen LogP contribution in [-0.4, -0.2) is 24.1 Å². The third-order valence-electron chi connectivity index (χ3n) is 7.64. The Kier molecular flexibility index (Phi) is 5.12. The van der Waals surface area contributed by atoms with E-state index in [1.165, 1.54) is 6.07 Å². The first-order chi connectivity index (χ1) is 15.5. The molecule has 6 nitrogen and oxygen atoms in total. The minimum atomic E-state index is -4.46. The lowest BCUT2D eigenvalue weighted by Gasteiger charge is -2.53. The number of pyridine rings is 1. The van der Waals surface area contributed by atoms with Crippen LogP contribution in [0, 0.1) is 5.41 Å². The number of hydrogen-bond donors (Lipinski definition) is 0. The Morgan fingerprint density at radius 2 is 1.76 bits per heavy atom. The first kappa shape index (κ1) is 22.4. The van der Waals surface area contributed by atoms with E-state index in [4.69, 9.17) is 11.6 Å². The first-order valence-corrected chi connectivity index (χ1v) is 11.6. The third-order valence-corrected chi connectivity index (χ3v) is 7.82. The number of hydrogen-bond acceptors (Lipinski definition) is 4. The summed E-state index contributed by atoms with van der Waals surface area (Å²) in [7, 11) is 0. The van der Waals surface area contributed by atoms with Gasteiger partial charge in [0.25, 0.3) is 5.56 Å². The van der Waals surface area contributed by atoms with Crippen molar-refractivity contribution in [1.29, 1.82) is 0 Å². The van der Waals surface area contributed by atoms with Crippen molar-refractivity contribution in [2.24, 2.45) is 5.41 Å². The number of rotatable bonds is 4. The predicted molar refractivity (Wildman–Crippen MR) is 118 cm³/mol. The van der Waals surface area contributed by atoms with Gasteiger partial charge in [-0.25, -0.2) is 9.97 Å². The van der Waals surface area contributed by atoms with Crippen LogP contribution in [0.15, 0.2) is 29.3 Å². The van der Waals surface area contributed by atoms with E-state index in [-0.39, 0.29) is 27.7 Å². The molecule has 3 saturated carbocycles. The molecule has 0 unspecified atom stereocenters. The highest BCUT2D eigenvalue weighted by Gasteiger charge is 2.52. The van der Waals surface area contributed by atoms with Crippen LogP contribution in [-0.2, 0) is 18.1 Å². The van der Waals surface area contributed by atoms with Crippen molar-refractivity contribution in [3.63, 3.8) is 0 Å². The zero-order valence-corrected chi connectivity index (χ0v) is 19.2. The van der Waals surface area contributed by atoms with Gasteiger partial charge >= 0.3 is 6.18 Å². The molecule has 176 valence electrons. The van der Waals surface area contributed by atoms with Crippen LogP contribution in [0.25, 0.3) is 11.0 Å². The van der Waals surface area contributed by atoms with Crippen LogP contribution in [0.2, 0.25) is 5.28 Å². The average Bonchev–Trinajstić information content (AvgIpc) is 3.25. The first-order valence-electron chi connectivity index (χ1n) is 11.2. The fraction of sp³-hybridized carbons (Fsp3) is 0.565. The molecule has 3 fully saturated rings. The molecule has 3 aliphatic carbocycles. The van der Waals surface area contributed by atoms with E-state index >= 15 is 0 Å². The van der Waals surface area contributed by atoms with Gasteiger partial charge in [-0.1, -0.05) is 0 Å². The fourth-order valence-corrected chi connectivity index (χ4v) is 5.82. The molecule has 10 heteroatoms. The largest absolute Gasteiger partial charge is 0.434 e. The maximum atomic E-state index is 13.4. The third kappa shape index (κ3) is 3.74. The number of aromatic nitrogens is 5. The Morgan fingerprint density at radius 3 is 2.36 bits per heavy atom. The van der Waals surface area contributed by atoms with Gasteiger partial charge in [0.1, 0.15) is 11.5 Å². The van der Waals surface area contributed by atoms with Crippen molar-refractivity contribution in [3.8, 4) is 0 Å². The highest BCUT2D eigenvalue weighted by Crippen LogP contribution is 2.58. The number of alkyl halides is 3. The van der Waals surface area contributed by atoms with Crippen molar-refractivity contribution in [3.05, 3.63) is 51.7 Å². The minimum absolute atomic E-state index is 0.0895. The second kappa shape index (κ2) is 7.55. The van der Waals surface area contributed by atoms with Gasteiger partial charge in [0.15, 0.2) is 5.69 Å². The molecule has 0 N–H and O–H groups in total. The molecule has 33 heavy (non-hydrogen) atoms. The predicted octanol–water partition coefficient (Wildman–Crippen LogP) is 5.53. The molecule has 0 aliphatic heterocycles. The summed E-state index contributed by atoms with van der Waals surface area (Å²) < 4.78 is 43.6. The van der Waals surface area contributed by atoms with E-state index in [0.29, 0.717) is 18.0 Å². The van der Waals surface area contributed by atoms with Crippen LogP contribution in [0.1, 0.15) is 69.9 Å². The number of nitrogens with zero attached hydrogens (tertiary/aromatic N) is 5. The SMILES string of the molecule is CC(C)n1cc(C(F)(F)F)nc1C12CCC(Cn3c(=O)ccc4cnc(Cl)nc43)(CC1)CC2. The molecule has 3 heterocycles. The summed E-state index contributed by atoms with van der Waals surface area (Å²) in [6.45, 7) is 4.29. The second-order valence-corrected chi connectivity index (χ2v) is 10.2. The van der Waals surface area contributed by atoms with E-state index < -0.39 is 11.9 Å². The summed E-state index contributed by atoms with van der Waals surface area (Å²) in [5.74, 6) is 0.556. The molecule has 0 spiro atoms. The summed E-state index contributed by atoms with van der Waals surface area (Å²) in [6, 6.07) is 3.11. The number of fused-ring (bicyclic) bond motifs is 4. The lowest BCUT2D eigenvalue weighted by molar-refractivity contribution is -0.141. The van der Waals surface area contributed by atoms with Crippen LogP contribution in [0.5, 0.6) is 0 Å². The Labute approximate surface area is 193 Å². The molecular formula is C23H25ClF3N5O. The van der Waals surface area contributed by atoms with Gasteiger partial charge in [0, 0.05) is 41.8 Å². The molecule has 3 aromatic heterocycles. The van der Waals surface area contributed by atoms with Gasteiger partial charge in [-0.3, -0.25) is 9.36 Å². The standard InChI is InChI=1S/C23H25ClF3N5O/c1-14(2)31-12-16(23(25,26)27)29-19(31)22-8-5-21(6-9-22,7-10-22)13-32-17(33)4-3-15-11-28-20(24)30-18(15)32/h3-4,11-12,14H,5-10,13H2,1-2H3. The van der Waals surface area contributed by atoms with Crippen molar-refractivity contribution in [1.82, 2.24) is 24.1 Å². The van der Waals surface area contributed by atoms with Gasteiger partial charge < -0.3 is 4.57 Å². The number of halogens is 4. The molecule has 3 aromatic rings. The van der Waals surface area contributed by atoms with E-state index in [9.17, 15) is 18.0 Å². The quantitative estimate of drug-likeness (QED) is 0.461. The highest BCUT2D eigenvalue weighted by molar-refractivity contribution is 6.28. The fourth-order valence-electron chi connectivity index (χ4n) is 5.69. The molecule has 6 rings (SSSR count). The van der Waals surface area contributed by atoms with E-state index in [1.807, 2.05) is 13.8 Å². The maximum absolute atomic E-state index is 13.4. The van der Waals surface area contributed by atoms with Gasteiger partial charge in [-0.05, 0) is 75.5 Å². The molecule has 0 amide bonds. The summed E-state index contributed by atoms with van der Waals surface area (Å²) >= 11 is 6.00. The zero-order chi connectivity index (χ0) is 23.6. The summed E-state index contributed by atoms with van der Waals surface area (Å²) in [4.78, 5) is 25.1. The Bertz CT molecular complexity index is 1250. The minimum Gasteiger partial charge on any atom is -0.331 e. The van der Waals surface area contributed by atoms with Crippen molar-refractivity contribution in [2.75, 3.05) is 0 Å². The van der Waals surface area contributed by atoms with Gasteiger partial charge in [0.2, 0.25) is 5.28 Å². The Balaban J connectivity index is 1.46. The van der Waals surface area contributed by atoms with Gasteiger partial charge in [-0.15, -0.1) is 0 Å². The van der Waals surface area contributed by atoms with E-state index in [0.717, 1.165) is 50.1 Å². The monoisotopic (exact) mass is 479 g/mol. The average molecular weight is 480 g/mol. The molecule has 0 saturated heterocycles. The summed E-state index contributed by atoms with van der Waals surface area (Å²) in [5, 5.41) is 0.835. The Hall–Kier alpha value is -2.42. The maximum Gasteiger partial charge on any atom is 0.434 e. The van der Waals surface area contributed by atoms with Crippen molar-refractivity contribution < 1.29 is 13.2 Å². The normalized spacial score (nSPS) is 25.3. The van der Waals surface area contributed by atoms with Gasteiger partial charge in [-0.2, -0.15) is 18.2 Å². The van der Waals surface area contributed by atoms with Gasteiger partial charge in [0.05, 0.1) is 0 Å². The molecule has 2 bridgehead atoms. The van der Waals surface area contributed by atoms with Crippen molar-refractivity contribution in [2.45, 2.75) is 76.6 Å². The topological polar surface area (TPSA) is 65.6 Å². The van der Waals surface area contributed by atoms with Crippen LogP contribution < -0.4 is 5.56 Å². The van der Waals surface area contributed by atoms with E-state index in [1.54, 1.807) is 21.4 Å². The van der Waals surface area contributed by atoms with E-state index in [2.05, 4.69) is 15.0 Å². The van der Waals surface area contributed by atoms with Crippen LogP contribution in [0.4, 0.5) is 13.2 Å². The second-order valence-electron chi connectivity index (χ2n) is 9.90. The molecule has 0 atom stereocenters. The van der Waals surface area contributed by atoms with Crippen LogP contribution >= 0.6 is 11.6 Å². The summed E-state index contributed by atoms with van der Waals surface area (Å²) in [6.07, 6.45) is 3.02. The van der Waals surface area contributed by atoms with Crippen molar-refractivity contribution >= 4 is 22.6 Å². The van der Waals surface area contributed by atoms with Crippen LogP contribution in [0.3, 0.4) is 0 Å². The lowest BCUT2D eigenvalue weighted by Crippen LogP contribution is -2.48. The highest BCUT2D eigenvalue weighted by atomic mass is 35.5. The number of imidazole rings is 1. The molecular weight excluding hydrogens is 455 g/mol. The molecule has 0 radical (unpaired) electrons. The molecule has 0 aromatic carbocycles. The molecule has 3 aliphatic rings. The summed E-state index contributed by atoms with van der Waals surface area (Å²) in [5.41, 5.74) is -0.894. The Morgan fingerprint density at radius 1 is 1.09 bits per heavy atom.